The van der Waals surface area contributed by atoms with Crippen LogP contribution in [0.4, 0.5) is 0 Å². The molecule has 0 spiro atoms. The molecule has 0 aliphatic carbocycles. The molecule has 0 aromatic carbocycles. The lowest BCUT2D eigenvalue weighted by atomic mass is 9.87. The summed E-state index contributed by atoms with van der Waals surface area (Å²) >= 11 is 0. The molecule has 1 amide bonds. The van der Waals surface area contributed by atoms with Gasteiger partial charge in [-0.2, -0.15) is 0 Å². The maximum Gasteiger partial charge on any atom is 0.240 e. The number of aromatic nitrogens is 1. The van der Waals surface area contributed by atoms with Gasteiger partial charge in [0, 0.05) is 24.7 Å². The van der Waals surface area contributed by atoms with E-state index in [4.69, 9.17) is 0 Å². The summed E-state index contributed by atoms with van der Waals surface area (Å²) in [5.74, 6) is 0.553. The molecule has 3 unspecified atom stereocenters. The van der Waals surface area contributed by atoms with Gasteiger partial charge in [-0.1, -0.05) is 18.2 Å². The molecule has 3 atom stereocenters. The standard InChI is InChI=1S/C17H23N3O/c1-12(2)14-11-20(10-13-6-3-4-9-18-13)17(21)16-8-5-7-15(14)19-16/h3-4,6,9,14-16,19H,1,5,7-8,10-11H2,2H3. The Morgan fingerprint density at radius 1 is 1.48 bits per heavy atom. The van der Waals surface area contributed by atoms with E-state index in [0.717, 1.165) is 37.1 Å². The zero-order valence-electron chi connectivity index (χ0n) is 12.6. The highest BCUT2D eigenvalue weighted by atomic mass is 16.2. The number of hydrogen-bond acceptors (Lipinski definition) is 3. The van der Waals surface area contributed by atoms with E-state index in [1.165, 1.54) is 0 Å². The predicted molar refractivity (Wildman–Crippen MR) is 82.5 cm³/mol. The monoisotopic (exact) mass is 285 g/mol. The van der Waals surface area contributed by atoms with Crippen molar-refractivity contribution in [1.29, 1.82) is 0 Å². The van der Waals surface area contributed by atoms with Crippen molar-refractivity contribution in [3.05, 3.63) is 42.2 Å². The lowest BCUT2D eigenvalue weighted by molar-refractivity contribution is -0.133. The summed E-state index contributed by atoms with van der Waals surface area (Å²) < 4.78 is 0. The third kappa shape index (κ3) is 3.00. The fourth-order valence-electron chi connectivity index (χ4n) is 3.48. The maximum atomic E-state index is 12.7. The Morgan fingerprint density at radius 2 is 2.33 bits per heavy atom. The largest absolute Gasteiger partial charge is 0.335 e. The molecule has 1 aromatic rings. The van der Waals surface area contributed by atoms with Gasteiger partial charge >= 0.3 is 0 Å². The number of pyridine rings is 1. The first-order valence-corrected chi connectivity index (χ1v) is 7.75. The summed E-state index contributed by atoms with van der Waals surface area (Å²) in [6.07, 6.45) is 4.98. The van der Waals surface area contributed by atoms with E-state index in [2.05, 4.69) is 23.8 Å². The lowest BCUT2D eigenvalue weighted by Gasteiger charge is -2.31. The normalized spacial score (nSPS) is 29.1. The molecule has 2 bridgehead atoms. The van der Waals surface area contributed by atoms with Crippen LogP contribution in [0.5, 0.6) is 0 Å². The van der Waals surface area contributed by atoms with Crippen molar-refractivity contribution in [3.8, 4) is 0 Å². The molecule has 4 heteroatoms. The molecule has 2 aliphatic heterocycles. The molecule has 3 rings (SSSR count). The van der Waals surface area contributed by atoms with Crippen LogP contribution >= 0.6 is 0 Å². The Morgan fingerprint density at radius 3 is 3.05 bits per heavy atom. The molecule has 3 heterocycles. The van der Waals surface area contributed by atoms with E-state index in [0.29, 0.717) is 18.5 Å². The molecule has 0 radical (unpaired) electrons. The van der Waals surface area contributed by atoms with Crippen LogP contribution in [0, 0.1) is 5.92 Å². The average molecular weight is 285 g/mol. The molecule has 112 valence electrons. The second-order valence-corrected chi connectivity index (χ2v) is 6.25. The molecular formula is C17H23N3O. The van der Waals surface area contributed by atoms with Crippen molar-refractivity contribution in [2.75, 3.05) is 6.54 Å². The van der Waals surface area contributed by atoms with E-state index in [1.54, 1.807) is 6.20 Å². The van der Waals surface area contributed by atoms with Crippen molar-refractivity contribution < 1.29 is 4.79 Å². The van der Waals surface area contributed by atoms with E-state index in [-0.39, 0.29) is 11.9 Å². The highest BCUT2D eigenvalue weighted by Gasteiger charge is 2.38. The third-order valence-electron chi connectivity index (χ3n) is 4.65. The summed E-state index contributed by atoms with van der Waals surface area (Å²) in [4.78, 5) is 19.1. The number of carbonyl (C=O) groups excluding carboxylic acids is 1. The van der Waals surface area contributed by atoms with Crippen LogP contribution < -0.4 is 5.32 Å². The van der Waals surface area contributed by atoms with Crippen molar-refractivity contribution in [2.45, 2.75) is 44.8 Å². The van der Waals surface area contributed by atoms with E-state index in [1.807, 2.05) is 23.1 Å². The van der Waals surface area contributed by atoms with Crippen molar-refractivity contribution in [3.63, 3.8) is 0 Å². The van der Waals surface area contributed by atoms with Gasteiger partial charge < -0.3 is 10.2 Å². The van der Waals surface area contributed by atoms with Crippen molar-refractivity contribution in [1.82, 2.24) is 15.2 Å². The molecule has 1 aromatic heterocycles. The number of rotatable bonds is 3. The summed E-state index contributed by atoms with van der Waals surface area (Å²) in [6.45, 7) is 7.56. The molecule has 21 heavy (non-hydrogen) atoms. The lowest BCUT2D eigenvalue weighted by Crippen LogP contribution is -2.48. The number of nitrogens with one attached hydrogen (secondary N) is 1. The maximum absolute atomic E-state index is 12.7. The van der Waals surface area contributed by atoms with Gasteiger partial charge in [-0.25, -0.2) is 0 Å². The van der Waals surface area contributed by atoms with Gasteiger partial charge in [0.15, 0.2) is 0 Å². The molecular weight excluding hydrogens is 262 g/mol. The SMILES string of the molecule is C=C(C)C1CN(Cc2ccccn2)C(=O)C2CCCC1N2. The van der Waals surface area contributed by atoms with Gasteiger partial charge in [-0.05, 0) is 38.3 Å². The fourth-order valence-corrected chi connectivity index (χ4v) is 3.48. The number of carbonyl (C=O) groups is 1. The van der Waals surface area contributed by atoms with Crippen LogP contribution in [-0.2, 0) is 11.3 Å². The Kier molecular flexibility index (Phi) is 4.06. The highest BCUT2D eigenvalue weighted by molar-refractivity contribution is 5.82. The van der Waals surface area contributed by atoms with E-state index in [9.17, 15) is 4.79 Å². The quantitative estimate of drug-likeness (QED) is 0.865. The van der Waals surface area contributed by atoms with Gasteiger partial charge in [0.2, 0.25) is 5.91 Å². The average Bonchev–Trinajstić information content (AvgIpc) is 2.59. The summed E-state index contributed by atoms with van der Waals surface area (Å²) in [7, 11) is 0. The topological polar surface area (TPSA) is 45.2 Å². The van der Waals surface area contributed by atoms with E-state index >= 15 is 0 Å². The third-order valence-corrected chi connectivity index (χ3v) is 4.65. The number of fused-ring (bicyclic) bond motifs is 2. The van der Waals surface area contributed by atoms with Gasteiger partial charge in [-0.3, -0.25) is 9.78 Å². The number of amides is 1. The van der Waals surface area contributed by atoms with Crippen LogP contribution in [0.1, 0.15) is 31.9 Å². The smallest absolute Gasteiger partial charge is 0.240 e. The van der Waals surface area contributed by atoms with Gasteiger partial charge in [0.25, 0.3) is 0 Å². The Hall–Kier alpha value is -1.68. The molecule has 2 aliphatic rings. The highest BCUT2D eigenvalue weighted by Crippen LogP contribution is 2.28. The Labute approximate surface area is 126 Å². The second-order valence-electron chi connectivity index (χ2n) is 6.25. The number of piperidine rings is 1. The van der Waals surface area contributed by atoms with Gasteiger partial charge in [0.05, 0.1) is 18.3 Å². The molecule has 2 fully saturated rings. The summed E-state index contributed by atoms with van der Waals surface area (Å²) in [6, 6.07) is 6.21. The van der Waals surface area contributed by atoms with Crippen molar-refractivity contribution in [2.24, 2.45) is 5.92 Å². The zero-order chi connectivity index (χ0) is 14.8. The molecule has 2 saturated heterocycles. The molecule has 4 nitrogen and oxygen atoms in total. The van der Waals surface area contributed by atoms with Crippen LogP contribution in [0.3, 0.4) is 0 Å². The Balaban J connectivity index is 1.84. The Bertz CT molecular complexity index is 528. The van der Waals surface area contributed by atoms with E-state index < -0.39 is 0 Å². The minimum atomic E-state index is -0.0307. The molecule has 1 N–H and O–H groups in total. The number of nitrogens with zero attached hydrogens (tertiary/aromatic N) is 2. The first-order valence-electron chi connectivity index (χ1n) is 7.75. The van der Waals surface area contributed by atoms with Gasteiger partial charge in [0.1, 0.15) is 0 Å². The minimum absolute atomic E-state index is 0.0307. The fraction of sp³-hybridized carbons (Fsp3) is 0.529. The second kappa shape index (κ2) is 5.98. The van der Waals surface area contributed by atoms with Crippen LogP contribution in [-0.4, -0.2) is 34.4 Å². The predicted octanol–water partition coefficient (Wildman–Crippen LogP) is 2.13. The van der Waals surface area contributed by atoms with Crippen LogP contribution in [0.15, 0.2) is 36.5 Å². The number of hydrogen-bond donors (Lipinski definition) is 1. The molecule has 0 saturated carbocycles. The van der Waals surface area contributed by atoms with Crippen LogP contribution in [0.2, 0.25) is 0 Å². The first kappa shape index (κ1) is 14.3. The zero-order valence-corrected chi connectivity index (χ0v) is 12.6. The van der Waals surface area contributed by atoms with Crippen LogP contribution in [0.25, 0.3) is 0 Å². The van der Waals surface area contributed by atoms with Gasteiger partial charge in [-0.15, -0.1) is 0 Å². The minimum Gasteiger partial charge on any atom is -0.335 e. The summed E-state index contributed by atoms with van der Waals surface area (Å²) in [5, 5.41) is 3.54. The summed E-state index contributed by atoms with van der Waals surface area (Å²) in [5.41, 5.74) is 2.11. The van der Waals surface area contributed by atoms with Crippen molar-refractivity contribution >= 4 is 5.91 Å². The first-order chi connectivity index (χ1) is 10.1.